The molecule has 1 N–H and O–H groups in total. The van der Waals surface area contributed by atoms with Gasteiger partial charge < -0.3 is 19.7 Å². The lowest BCUT2D eigenvalue weighted by molar-refractivity contribution is 0.0536. The largest absolute Gasteiger partial charge is 0.382 e. The highest BCUT2D eigenvalue weighted by Crippen LogP contribution is 2.16. The van der Waals surface area contributed by atoms with Crippen LogP contribution in [0.1, 0.15) is 12.0 Å². The summed E-state index contributed by atoms with van der Waals surface area (Å²) in [5.74, 6) is 1.19. The quantitative estimate of drug-likeness (QED) is 0.473. The maximum absolute atomic E-state index is 12.9. The smallest absolute Gasteiger partial charge is 0.193 e. The van der Waals surface area contributed by atoms with Crippen molar-refractivity contribution in [2.45, 2.75) is 13.0 Å². The van der Waals surface area contributed by atoms with Crippen LogP contribution in [0.25, 0.3) is 0 Å². The number of rotatable bonds is 7. The van der Waals surface area contributed by atoms with E-state index in [1.807, 2.05) is 0 Å². The number of guanidine groups is 1. The van der Waals surface area contributed by atoms with Crippen molar-refractivity contribution in [3.05, 3.63) is 35.6 Å². The number of methoxy groups -OCH3 is 1. The molecule has 1 atom stereocenters. The maximum Gasteiger partial charge on any atom is 0.193 e. The van der Waals surface area contributed by atoms with Crippen LogP contribution in [0.5, 0.6) is 0 Å². The normalized spacial score (nSPS) is 18.5. The zero-order valence-electron chi connectivity index (χ0n) is 13.9. The fraction of sp³-hybridized carbons (Fsp3) is 0.588. The molecule has 1 aromatic carbocycles. The van der Waals surface area contributed by atoms with Gasteiger partial charge in [0.1, 0.15) is 5.82 Å². The van der Waals surface area contributed by atoms with Crippen LogP contribution < -0.4 is 5.32 Å². The van der Waals surface area contributed by atoms with E-state index in [1.165, 1.54) is 12.1 Å². The average molecular weight is 323 g/mol. The van der Waals surface area contributed by atoms with E-state index in [4.69, 9.17) is 9.47 Å². The number of ether oxygens (including phenoxy) is 2. The number of halogens is 1. The summed E-state index contributed by atoms with van der Waals surface area (Å²) < 4.78 is 23.5. The number of aliphatic imine (C=N–C) groups is 1. The molecule has 1 aliphatic rings. The highest BCUT2D eigenvalue weighted by molar-refractivity contribution is 5.80. The molecule has 2 rings (SSSR count). The van der Waals surface area contributed by atoms with Crippen LogP contribution in [0.4, 0.5) is 4.39 Å². The number of hydrogen-bond donors (Lipinski definition) is 1. The first-order chi connectivity index (χ1) is 11.2. The first-order valence-electron chi connectivity index (χ1n) is 7.99. The Morgan fingerprint density at radius 1 is 1.35 bits per heavy atom. The molecule has 1 unspecified atom stereocenters. The fourth-order valence-corrected chi connectivity index (χ4v) is 2.67. The zero-order valence-corrected chi connectivity index (χ0v) is 13.9. The van der Waals surface area contributed by atoms with Gasteiger partial charge in [0.05, 0.1) is 19.8 Å². The Kier molecular flexibility index (Phi) is 7.29. The van der Waals surface area contributed by atoms with Gasteiger partial charge in [-0.3, -0.25) is 4.99 Å². The van der Waals surface area contributed by atoms with Crippen molar-refractivity contribution < 1.29 is 13.9 Å². The van der Waals surface area contributed by atoms with Gasteiger partial charge in [-0.05, 0) is 24.1 Å². The van der Waals surface area contributed by atoms with E-state index in [9.17, 15) is 4.39 Å². The average Bonchev–Trinajstić information content (AvgIpc) is 3.03. The van der Waals surface area contributed by atoms with E-state index in [0.717, 1.165) is 37.6 Å². The Balaban J connectivity index is 1.75. The van der Waals surface area contributed by atoms with Crippen LogP contribution in [-0.2, 0) is 16.0 Å². The summed E-state index contributed by atoms with van der Waals surface area (Å²) >= 11 is 0. The minimum Gasteiger partial charge on any atom is -0.382 e. The van der Waals surface area contributed by atoms with Crippen molar-refractivity contribution in [1.29, 1.82) is 0 Å². The summed E-state index contributed by atoms with van der Waals surface area (Å²) in [6.45, 7) is 4.59. The number of hydrogen-bond acceptors (Lipinski definition) is 3. The summed E-state index contributed by atoms with van der Waals surface area (Å²) in [6, 6.07) is 6.52. The lowest BCUT2D eigenvalue weighted by Crippen LogP contribution is -2.39. The van der Waals surface area contributed by atoms with Crippen molar-refractivity contribution >= 4 is 5.96 Å². The highest BCUT2D eigenvalue weighted by atomic mass is 19.1. The molecule has 23 heavy (non-hydrogen) atoms. The molecule has 1 saturated heterocycles. The summed E-state index contributed by atoms with van der Waals surface area (Å²) in [6.07, 6.45) is 1.10. The third kappa shape index (κ3) is 5.80. The van der Waals surface area contributed by atoms with Crippen LogP contribution in [0, 0.1) is 11.7 Å². The van der Waals surface area contributed by atoms with Crippen molar-refractivity contribution in [2.75, 3.05) is 47.1 Å². The van der Waals surface area contributed by atoms with Gasteiger partial charge in [0, 0.05) is 39.7 Å². The maximum atomic E-state index is 12.9. The molecule has 1 fully saturated rings. The number of benzene rings is 1. The standard InChI is InChI=1S/C17H26FN3O2/c1-19-17(20-11-14-3-5-16(18)6-4-14)21-8-7-15(12-21)13-23-10-9-22-2/h3-6,15H,7-13H2,1-2H3,(H,19,20). The summed E-state index contributed by atoms with van der Waals surface area (Å²) in [5.41, 5.74) is 1.03. The Hall–Kier alpha value is -1.66. The van der Waals surface area contributed by atoms with Crippen LogP contribution in [-0.4, -0.2) is 57.9 Å². The van der Waals surface area contributed by atoms with Crippen LogP contribution in [0.3, 0.4) is 0 Å². The lowest BCUT2D eigenvalue weighted by atomic mass is 10.1. The molecule has 1 aliphatic heterocycles. The molecule has 0 saturated carbocycles. The molecular formula is C17H26FN3O2. The first-order valence-corrected chi connectivity index (χ1v) is 7.99. The Labute approximate surface area is 137 Å². The monoisotopic (exact) mass is 323 g/mol. The van der Waals surface area contributed by atoms with Gasteiger partial charge in [0.2, 0.25) is 0 Å². The van der Waals surface area contributed by atoms with Crippen LogP contribution in [0.2, 0.25) is 0 Å². The molecule has 5 nitrogen and oxygen atoms in total. The van der Waals surface area contributed by atoms with Gasteiger partial charge in [0.15, 0.2) is 5.96 Å². The summed E-state index contributed by atoms with van der Waals surface area (Å²) in [5, 5.41) is 3.34. The molecule has 6 heteroatoms. The second-order valence-corrected chi connectivity index (χ2v) is 5.70. The second-order valence-electron chi connectivity index (χ2n) is 5.70. The van der Waals surface area contributed by atoms with Gasteiger partial charge in [-0.25, -0.2) is 4.39 Å². The van der Waals surface area contributed by atoms with Crippen molar-refractivity contribution in [3.63, 3.8) is 0 Å². The van der Waals surface area contributed by atoms with Gasteiger partial charge in [-0.15, -0.1) is 0 Å². The zero-order chi connectivity index (χ0) is 16.5. The van der Waals surface area contributed by atoms with E-state index in [2.05, 4.69) is 15.2 Å². The SMILES string of the molecule is CN=C(NCc1ccc(F)cc1)N1CCC(COCCOC)C1. The minimum absolute atomic E-state index is 0.214. The van der Waals surface area contributed by atoms with Crippen LogP contribution in [0.15, 0.2) is 29.3 Å². The number of nitrogens with one attached hydrogen (secondary N) is 1. The Bertz CT molecular complexity index is 493. The summed E-state index contributed by atoms with van der Waals surface area (Å²) in [4.78, 5) is 6.59. The second kappa shape index (κ2) is 9.47. The third-order valence-electron chi connectivity index (χ3n) is 3.95. The molecule has 1 aromatic rings. The van der Waals surface area contributed by atoms with E-state index in [1.54, 1.807) is 26.3 Å². The fourth-order valence-electron chi connectivity index (χ4n) is 2.67. The minimum atomic E-state index is -0.214. The Morgan fingerprint density at radius 2 is 2.13 bits per heavy atom. The van der Waals surface area contributed by atoms with E-state index in [0.29, 0.717) is 25.7 Å². The molecule has 0 spiro atoms. The van der Waals surface area contributed by atoms with E-state index >= 15 is 0 Å². The molecule has 128 valence electrons. The molecule has 0 amide bonds. The number of nitrogens with zero attached hydrogens (tertiary/aromatic N) is 2. The van der Waals surface area contributed by atoms with Crippen molar-refractivity contribution in [2.24, 2.45) is 10.9 Å². The lowest BCUT2D eigenvalue weighted by Gasteiger charge is -2.21. The van der Waals surface area contributed by atoms with Crippen LogP contribution >= 0.6 is 0 Å². The predicted molar refractivity (Wildman–Crippen MR) is 89.0 cm³/mol. The van der Waals surface area contributed by atoms with Gasteiger partial charge in [-0.1, -0.05) is 12.1 Å². The topological polar surface area (TPSA) is 46.1 Å². The third-order valence-corrected chi connectivity index (χ3v) is 3.95. The molecule has 0 bridgehead atoms. The van der Waals surface area contributed by atoms with Gasteiger partial charge in [0.25, 0.3) is 0 Å². The van der Waals surface area contributed by atoms with E-state index in [-0.39, 0.29) is 5.82 Å². The van der Waals surface area contributed by atoms with Gasteiger partial charge in [-0.2, -0.15) is 0 Å². The number of likely N-dealkylation sites (tertiary alicyclic amines) is 1. The molecular weight excluding hydrogens is 297 g/mol. The van der Waals surface area contributed by atoms with E-state index < -0.39 is 0 Å². The molecule has 0 aromatic heterocycles. The van der Waals surface area contributed by atoms with Crippen molar-refractivity contribution in [1.82, 2.24) is 10.2 Å². The molecule has 0 aliphatic carbocycles. The van der Waals surface area contributed by atoms with Gasteiger partial charge >= 0.3 is 0 Å². The Morgan fingerprint density at radius 3 is 2.83 bits per heavy atom. The first kappa shape index (κ1) is 17.7. The van der Waals surface area contributed by atoms with Crippen molar-refractivity contribution in [3.8, 4) is 0 Å². The summed E-state index contributed by atoms with van der Waals surface area (Å²) in [7, 11) is 3.47. The molecule has 1 heterocycles. The predicted octanol–water partition coefficient (Wildman–Crippen LogP) is 1.89. The highest BCUT2D eigenvalue weighted by Gasteiger charge is 2.24. The molecule has 0 radical (unpaired) electrons.